The van der Waals surface area contributed by atoms with Crippen molar-refractivity contribution in [1.29, 1.82) is 0 Å². The van der Waals surface area contributed by atoms with Gasteiger partial charge in [0.25, 0.3) is 0 Å². The molecule has 0 saturated heterocycles. The normalized spacial score (nSPS) is 51.1. The highest BCUT2D eigenvalue weighted by atomic mass is 16.3. The van der Waals surface area contributed by atoms with E-state index in [0.29, 0.717) is 0 Å². The number of nitrogens with two attached hydrogens (primary N) is 1. The van der Waals surface area contributed by atoms with Gasteiger partial charge >= 0.3 is 0 Å². The average molecular weight is 193 g/mol. The highest BCUT2D eigenvalue weighted by Crippen LogP contribution is 2.59. The van der Waals surface area contributed by atoms with Gasteiger partial charge in [-0.3, -0.25) is 0 Å². The van der Waals surface area contributed by atoms with Crippen molar-refractivity contribution >= 4 is 5.90 Å². The smallest absolute Gasteiger partial charge is 0.00101 e. The molecule has 0 atom stereocenters. The number of hydrogen-bond donors (Lipinski definition) is 1. The molecule has 4 bridgehead atoms. The van der Waals surface area contributed by atoms with Gasteiger partial charge in [-0.25, -0.2) is 5.10 Å². The maximum Gasteiger partial charge on any atom is 0.00101 e. The standard InChI is InChI=1S/C11H18N2O/c12-13-10(14)11-4-7-1-8(5-11)3-9(2-7)6-11/h7-9H,1-6,12H2,(H,13,14)/p-1. The lowest BCUT2D eigenvalue weighted by molar-refractivity contribution is -0.242. The Bertz CT molecular complexity index is 250. The summed E-state index contributed by atoms with van der Waals surface area (Å²) in [5, 5.41) is 15.2. The Labute approximate surface area is 84.4 Å². The van der Waals surface area contributed by atoms with Gasteiger partial charge in [0.1, 0.15) is 0 Å². The molecule has 3 heteroatoms. The zero-order valence-electron chi connectivity index (χ0n) is 8.41. The van der Waals surface area contributed by atoms with E-state index in [4.69, 9.17) is 5.84 Å². The SMILES string of the molecule is N/N=C(\[O-])C12CC3CC(CC(C3)C1)C2. The molecule has 0 aromatic carbocycles. The topological polar surface area (TPSA) is 61.4 Å². The quantitative estimate of drug-likeness (QED) is 0.290. The first kappa shape index (κ1) is 8.57. The minimum absolute atomic E-state index is 0.0170. The second-order valence-corrected chi connectivity index (χ2v) is 5.63. The van der Waals surface area contributed by atoms with Gasteiger partial charge < -0.3 is 10.9 Å². The first-order valence-corrected chi connectivity index (χ1v) is 5.67. The van der Waals surface area contributed by atoms with Crippen molar-refractivity contribution in [1.82, 2.24) is 0 Å². The van der Waals surface area contributed by atoms with Crippen LogP contribution >= 0.6 is 0 Å². The summed E-state index contributed by atoms with van der Waals surface area (Å²) in [5.74, 6) is 7.55. The molecular weight excluding hydrogens is 176 g/mol. The first-order valence-electron chi connectivity index (χ1n) is 5.67. The van der Waals surface area contributed by atoms with E-state index in [0.717, 1.165) is 37.0 Å². The molecule has 2 N–H and O–H groups in total. The van der Waals surface area contributed by atoms with Crippen LogP contribution in [-0.4, -0.2) is 5.90 Å². The van der Waals surface area contributed by atoms with Gasteiger partial charge in [0, 0.05) is 5.41 Å². The molecule has 4 aliphatic rings. The van der Waals surface area contributed by atoms with Gasteiger partial charge in [-0.2, -0.15) is 0 Å². The van der Waals surface area contributed by atoms with E-state index < -0.39 is 0 Å². The number of rotatable bonds is 1. The molecule has 0 aromatic heterocycles. The fourth-order valence-electron chi connectivity index (χ4n) is 4.51. The minimum atomic E-state index is -0.122. The largest absolute Gasteiger partial charge is 0.860 e. The van der Waals surface area contributed by atoms with Crippen molar-refractivity contribution in [3.63, 3.8) is 0 Å². The summed E-state index contributed by atoms with van der Waals surface area (Å²) in [5.41, 5.74) is -0.122. The zero-order valence-corrected chi connectivity index (χ0v) is 8.41. The second-order valence-electron chi connectivity index (χ2n) is 5.63. The number of hydrogen-bond acceptors (Lipinski definition) is 3. The van der Waals surface area contributed by atoms with Crippen LogP contribution in [0.4, 0.5) is 0 Å². The monoisotopic (exact) mass is 193 g/mol. The third-order valence-electron chi connectivity index (χ3n) is 4.61. The predicted molar refractivity (Wildman–Crippen MR) is 52.2 cm³/mol. The van der Waals surface area contributed by atoms with Crippen LogP contribution in [0.15, 0.2) is 5.10 Å². The van der Waals surface area contributed by atoms with Gasteiger partial charge in [-0.05, 0) is 62.2 Å². The third kappa shape index (κ3) is 1.01. The summed E-state index contributed by atoms with van der Waals surface area (Å²) in [7, 11) is 0. The van der Waals surface area contributed by atoms with E-state index >= 15 is 0 Å². The van der Waals surface area contributed by atoms with E-state index in [1.54, 1.807) is 0 Å². The molecule has 0 heterocycles. The van der Waals surface area contributed by atoms with Crippen molar-refractivity contribution in [3.05, 3.63) is 0 Å². The fourth-order valence-corrected chi connectivity index (χ4v) is 4.51. The van der Waals surface area contributed by atoms with Crippen LogP contribution in [0, 0.1) is 23.2 Å². The third-order valence-corrected chi connectivity index (χ3v) is 4.61. The lowest BCUT2D eigenvalue weighted by atomic mass is 9.49. The summed E-state index contributed by atoms with van der Waals surface area (Å²) >= 11 is 0. The Balaban J connectivity index is 1.94. The molecule has 0 radical (unpaired) electrons. The Morgan fingerprint density at radius 2 is 1.50 bits per heavy atom. The Morgan fingerprint density at radius 1 is 1.07 bits per heavy atom. The van der Waals surface area contributed by atoms with E-state index in [2.05, 4.69) is 5.10 Å². The molecule has 4 saturated carbocycles. The molecule has 4 aliphatic carbocycles. The van der Waals surface area contributed by atoms with Crippen molar-refractivity contribution < 1.29 is 5.11 Å². The molecular formula is C11H17N2O-. The van der Waals surface area contributed by atoms with E-state index in [-0.39, 0.29) is 11.3 Å². The summed E-state index contributed by atoms with van der Waals surface area (Å²) in [6.45, 7) is 0. The predicted octanol–water partition coefficient (Wildman–Crippen LogP) is 0.835. The summed E-state index contributed by atoms with van der Waals surface area (Å²) < 4.78 is 0. The number of nitrogens with zero attached hydrogens (tertiary/aromatic N) is 1. The molecule has 0 aliphatic heterocycles. The van der Waals surface area contributed by atoms with Crippen molar-refractivity contribution in [2.45, 2.75) is 38.5 Å². The first-order chi connectivity index (χ1) is 6.72. The van der Waals surface area contributed by atoms with Crippen molar-refractivity contribution in [2.75, 3.05) is 0 Å². The lowest BCUT2D eigenvalue weighted by Crippen LogP contribution is -2.53. The molecule has 0 spiro atoms. The van der Waals surface area contributed by atoms with Gasteiger partial charge in [0.05, 0.1) is 0 Å². The molecule has 0 unspecified atom stereocenters. The maximum absolute atomic E-state index is 11.8. The summed E-state index contributed by atoms with van der Waals surface area (Å²) in [6, 6.07) is 0. The van der Waals surface area contributed by atoms with Gasteiger partial charge in [0.15, 0.2) is 0 Å². The number of hydrazone groups is 1. The second kappa shape index (κ2) is 2.65. The van der Waals surface area contributed by atoms with Crippen molar-refractivity contribution in [3.8, 4) is 0 Å². The Hall–Kier alpha value is -0.730. The molecule has 3 nitrogen and oxygen atoms in total. The zero-order chi connectivity index (χ0) is 9.76. The Morgan fingerprint density at radius 3 is 1.86 bits per heavy atom. The lowest BCUT2D eigenvalue weighted by Gasteiger charge is -2.58. The summed E-state index contributed by atoms with van der Waals surface area (Å²) in [6.07, 6.45) is 7.28. The van der Waals surface area contributed by atoms with Crippen molar-refractivity contribution in [2.24, 2.45) is 34.1 Å². The van der Waals surface area contributed by atoms with E-state index in [1.807, 2.05) is 0 Å². The van der Waals surface area contributed by atoms with Crippen LogP contribution in [-0.2, 0) is 0 Å². The molecule has 78 valence electrons. The Kier molecular flexibility index (Phi) is 1.62. The van der Waals surface area contributed by atoms with Gasteiger partial charge in [-0.1, -0.05) is 0 Å². The minimum Gasteiger partial charge on any atom is -0.860 e. The van der Waals surface area contributed by atoms with Gasteiger partial charge in [0.2, 0.25) is 0 Å². The van der Waals surface area contributed by atoms with Crippen LogP contribution in [0.1, 0.15) is 38.5 Å². The van der Waals surface area contributed by atoms with Crippen LogP contribution < -0.4 is 10.9 Å². The molecule has 0 aromatic rings. The molecule has 4 fully saturated rings. The van der Waals surface area contributed by atoms with Crippen LogP contribution in [0.3, 0.4) is 0 Å². The van der Waals surface area contributed by atoms with E-state index in [1.165, 1.54) is 19.3 Å². The molecule has 14 heavy (non-hydrogen) atoms. The molecule has 0 amide bonds. The highest BCUT2D eigenvalue weighted by molar-refractivity contribution is 5.78. The molecule has 4 rings (SSSR count). The summed E-state index contributed by atoms with van der Waals surface area (Å²) in [4.78, 5) is 0. The fraction of sp³-hybridized carbons (Fsp3) is 0.909. The van der Waals surface area contributed by atoms with Gasteiger partial charge in [-0.15, -0.1) is 0 Å². The van der Waals surface area contributed by atoms with Crippen LogP contribution in [0.5, 0.6) is 0 Å². The highest BCUT2D eigenvalue weighted by Gasteiger charge is 2.51. The van der Waals surface area contributed by atoms with Crippen LogP contribution in [0.2, 0.25) is 0 Å². The average Bonchev–Trinajstić information content (AvgIpc) is 2.14. The van der Waals surface area contributed by atoms with Crippen LogP contribution in [0.25, 0.3) is 0 Å². The maximum atomic E-state index is 11.8. The van der Waals surface area contributed by atoms with E-state index in [9.17, 15) is 5.11 Å².